The lowest BCUT2D eigenvalue weighted by atomic mass is 9.60. The van der Waals surface area contributed by atoms with Gasteiger partial charge in [0.25, 0.3) is 17.7 Å². The molecule has 15 nitrogen and oxygen atoms in total. The monoisotopic (exact) mass is 772 g/mol. The Hall–Kier alpha value is -6.12. The van der Waals surface area contributed by atoms with E-state index in [-0.39, 0.29) is 53.2 Å². The van der Waals surface area contributed by atoms with Gasteiger partial charge in [0.1, 0.15) is 17.5 Å². The number of carbonyl (C=O) groups is 6. The molecule has 6 heterocycles. The van der Waals surface area contributed by atoms with E-state index < -0.39 is 29.7 Å². The number of likely N-dealkylation sites (tertiary alicyclic amines) is 1. The van der Waals surface area contributed by atoms with Crippen LogP contribution in [-0.4, -0.2) is 99.3 Å². The Kier molecular flexibility index (Phi) is 9.04. The molecule has 4 fully saturated rings. The minimum absolute atomic E-state index is 0.0682. The molecule has 1 unspecified atom stereocenters. The molecule has 57 heavy (non-hydrogen) atoms. The highest BCUT2D eigenvalue weighted by molar-refractivity contribution is 6.23. The van der Waals surface area contributed by atoms with Crippen LogP contribution in [0.5, 0.6) is 5.75 Å². The van der Waals surface area contributed by atoms with Crippen molar-refractivity contribution in [2.24, 2.45) is 11.3 Å². The van der Waals surface area contributed by atoms with Crippen LogP contribution in [0, 0.1) is 18.3 Å². The van der Waals surface area contributed by atoms with E-state index in [2.05, 4.69) is 20.5 Å². The summed E-state index contributed by atoms with van der Waals surface area (Å²) in [5, 5.41) is 11.0. The topological polar surface area (TPSA) is 176 Å². The van der Waals surface area contributed by atoms with Gasteiger partial charge in [-0.15, -0.1) is 0 Å². The molecule has 294 valence electrons. The Balaban J connectivity index is 0.772. The molecule has 15 heteroatoms. The van der Waals surface area contributed by atoms with E-state index in [0.717, 1.165) is 66.0 Å². The van der Waals surface area contributed by atoms with Crippen molar-refractivity contribution < 1.29 is 33.5 Å². The second-order valence-electron chi connectivity index (χ2n) is 16.2. The van der Waals surface area contributed by atoms with Gasteiger partial charge in [-0.1, -0.05) is 6.07 Å². The second kappa shape index (κ2) is 14.1. The van der Waals surface area contributed by atoms with Crippen LogP contribution in [0.1, 0.15) is 94.3 Å². The summed E-state index contributed by atoms with van der Waals surface area (Å²) < 4.78 is 7.64. The fraction of sp³-hybridized carbons (Fsp3) is 0.429. The Morgan fingerprint density at radius 2 is 1.67 bits per heavy atom. The number of piperidine rings is 3. The van der Waals surface area contributed by atoms with E-state index in [9.17, 15) is 28.8 Å². The van der Waals surface area contributed by atoms with Crippen molar-refractivity contribution in [3.8, 4) is 5.75 Å². The molecule has 9 rings (SSSR count). The Morgan fingerprint density at radius 1 is 0.912 bits per heavy atom. The second-order valence-corrected chi connectivity index (χ2v) is 16.2. The number of hydrogen-bond acceptors (Lipinski definition) is 10. The maximum absolute atomic E-state index is 13.7. The first-order chi connectivity index (χ1) is 27.5. The van der Waals surface area contributed by atoms with Crippen molar-refractivity contribution in [1.29, 1.82) is 0 Å². The number of rotatable bonds is 7. The number of hydrogen-bond donors (Lipinski definition) is 2. The molecule has 4 aromatic rings. The van der Waals surface area contributed by atoms with E-state index >= 15 is 0 Å². The predicted octanol–water partition coefficient (Wildman–Crippen LogP) is 4.26. The van der Waals surface area contributed by atoms with E-state index in [4.69, 9.17) is 9.84 Å². The van der Waals surface area contributed by atoms with E-state index in [1.165, 1.54) is 0 Å². The van der Waals surface area contributed by atoms with Gasteiger partial charge in [-0.3, -0.25) is 43.7 Å². The van der Waals surface area contributed by atoms with Gasteiger partial charge in [-0.25, -0.2) is 4.98 Å². The summed E-state index contributed by atoms with van der Waals surface area (Å²) in [6.07, 6.45) is 7.54. The molecule has 1 aliphatic carbocycles. The molecule has 0 radical (unpaired) electrons. The number of fused-ring (bicyclic) bond motifs is 2. The number of nitrogens with one attached hydrogen (secondary N) is 2. The fourth-order valence-corrected chi connectivity index (χ4v) is 9.42. The smallest absolute Gasteiger partial charge is 0.274 e. The van der Waals surface area contributed by atoms with Crippen LogP contribution in [0.4, 0.5) is 11.4 Å². The predicted molar refractivity (Wildman–Crippen MR) is 208 cm³/mol. The standard InChI is InChI=1S/C42H44N8O7/c1-24-4-3-5-31(43-24)37(52)44-33-18-26-23-49(46-32(26)20-35(33)57-2)28-21-42(22-28)12-16-48(17-13-42)39(54)25-10-14-47(15-11-25)27-6-7-29-30(19-27)41(56)50(40(29)55)34-8-9-36(51)45-38(34)53/h3-7,18-20,23,25,28,34H,8-17,21-22H2,1-2H3,(H,44,52)(H,45,51,53). The highest BCUT2D eigenvalue weighted by atomic mass is 16.5. The zero-order chi connectivity index (χ0) is 39.6. The van der Waals surface area contributed by atoms with E-state index in [1.54, 1.807) is 31.4 Å². The first-order valence-corrected chi connectivity index (χ1v) is 19.7. The van der Waals surface area contributed by atoms with Gasteiger partial charge in [-0.05, 0) is 93.7 Å². The molecule has 1 atom stereocenters. The van der Waals surface area contributed by atoms with Crippen LogP contribution in [0.3, 0.4) is 0 Å². The highest BCUT2D eigenvalue weighted by Crippen LogP contribution is 2.55. The van der Waals surface area contributed by atoms with Crippen molar-refractivity contribution in [1.82, 2.24) is 29.9 Å². The van der Waals surface area contributed by atoms with Gasteiger partial charge in [0, 0.05) is 67.5 Å². The van der Waals surface area contributed by atoms with Crippen molar-refractivity contribution in [3.05, 3.63) is 77.2 Å². The molecule has 2 aromatic carbocycles. The summed E-state index contributed by atoms with van der Waals surface area (Å²) in [7, 11) is 1.57. The number of pyridine rings is 1. The molecule has 2 N–H and O–H groups in total. The van der Waals surface area contributed by atoms with Crippen LogP contribution in [0.2, 0.25) is 0 Å². The summed E-state index contributed by atoms with van der Waals surface area (Å²) in [5.41, 5.74) is 3.96. The number of aromatic nitrogens is 3. The minimum Gasteiger partial charge on any atom is -0.494 e. The van der Waals surface area contributed by atoms with Crippen LogP contribution >= 0.6 is 0 Å². The molecule has 5 aliphatic rings. The summed E-state index contributed by atoms with van der Waals surface area (Å²) in [5.74, 6) is -1.72. The number of methoxy groups -OCH3 is 1. The molecular formula is C42H44N8O7. The van der Waals surface area contributed by atoms with Crippen molar-refractivity contribution in [2.45, 2.75) is 70.4 Å². The third-order valence-electron chi connectivity index (χ3n) is 12.7. The number of nitrogens with zero attached hydrogens (tertiary/aromatic N) is 6. The average molecular weight is 773 g/mol. The zero-order valence-corrected chi connectivity index (χ0v) is 32.0. The highest BCUT2D eigenvalue weighted by Gasteiger charge is 2.48. The van der Waals surface area contributed by atoms with Crippen LogP contribution < -0.4 is 20.3 Å². The van der Waals surface area contributed by atoms with E-state index in [0.29, 0.717) is 43.1 Å². The normalized spacial score (nSPS) is 21.2. The van der Waals surface area contributed by atoms with Crippen molar-refractivity contribution >= 4 is 57.7 Å². The Morgan fingerprint density at radius 3 is 2.39 bits per heavy atom. The third-order valence-corrected chi connectivity index (χ3v) is 12.7. The molecule has 0 bridgehead atoms. The average Bonchev–Trinajstić information content (AvgIpc) is 3.72. The lowest BCUT2D eigenvalue weighted by Gasteiger charge is -2.52. The summed E-state index contributed by atoms with van der Waals surface area (Å²) in [6.45, 7) is 4.63. The molecule has 3 saturated heterocycles. The third kappa shape index (κ3) is 6.57. The first-order valence-electron chi connectivity index (χ1n) is 19.7. The number of imide groups is 2. The van der Waals surface area contributed by atoms with Crippen LogP contribution in [0.15, 0.2) is 54.7 Å². The summed E-state index contributed by atoms with van der Waals surface area (Å²) in [4.78, 5) is 86.7. The summed E-state index contributed by atoms with van der Waals surface area (Å²) in [6, 6.07) is 13.5. The maximum Gasteiger partial charge on any atom is 0.274 e. The molecule has 2 aromatic heterocycles. The fourth-order valence-electron chi connectivity index (χ4n) is 9.42. The van der Waals surface area contributed by atoms with Crippen molar-refractivity contribution in [3.63, 3.8) is 0 Å². The quantitative estimate of drug-likeness (QED) is 0.258. The Labute approximate surface area is 328 Å². The van der Waals surface area contributed by atoms with Crippen molar-refractivity contribution in [2.75, 3.05) is 43.5 Å². The lowest BCUT2D eigenvalue weighted by Crippen LogP contribution is -2.54. The SMILES string of the molecule is COc1cc2nn(C3CC4(CCN(C(=O)C5CCN(c6ccc7c(c6)C(=O)N(C6CCC(=O)NC6=O)C7=O)CC5)CC4)C3)cc2cc1NC(=O)c1cccc(C)n1. The van der Waals surface area contributed by atoms with Gasteiger partial charge in [0.05, 0.1) is 35.5 Å². The Bertz CT molecular complexity index is 2350. The molecule has 1 spiro atoms. The molecule has 1 saturated carbocycles. The van der Waals surface area contributed by atoms with E-state index in [1.807, 2.05) is 47.0 Å². The first kappa shape index (κ1) is 36.5. The summed E-state index contributed by atoms with van der Waals surface area (Å²) >= 11 is 0. The number of amides is 6. The largest absolute Gasteiger partial charge is 0.494 e. The van der Waals surface area contributed by atoms with Crippen LogP contribution in [0.25, 0.3) is 10.9 Å². The van der Waals surface area contributed by atoms with Gasteiger partial charge in [0.15, 0.2) is 0 Å². The number of benzene rings is 2. The molecule has 4 aliphatic heterocycles. The maximum atomic E-state index is 13.7. The van der Waals surface area contributed by atoms with Gasteiger partial charge < -0.3 is 19.9 Å². The molecular weight excluding hydrogens is 729 g/mol. The van der Waals surface area contributed by atoms with Gasteiger partial charge in [-0.2, -0.15) is 5.10 Å². The van der Waals surface area contributed by atoms with Crippen LogP contribution in [-0.2, 0) is 14.4 Å². The van der Waals surface area contributed by atoms with Gasteiger partial charge >= 0.3 is 0 Å². The number of aryl methyl sites for hydroxylation is 1. The molecule has 6 amide bonds. The number of carbonyl (C=O) groups excluding carboxylic acids is 6. The minimum atomic E-state index is -1.00. The number of ether oxygens (including phenoxy) is 1. The lowest BCUT2D eigenvalue weighted by molar-refractivity contribution is -0.140. The zero-order valence-electron chi connectivity index (χ0n) is 32.0. The van der Waals surface area contributed by atoms with Gasteiger partial charge in [0.2, 0.25) is 17.7 Å². The number of anilines is 2.